The average Bonchev–Trinajstić information content (AvgIpc) is 3.23. The predicted molar refractivity (Wildman–Crippen MR) is 124 cm³/mol. The van der Waals surface area contributed by atoms with Crippen molar-refractivity contribution in [3.8, 4) is 11.4 Å². The van der Waals surface area contributed by atoms with Gasteiger partial charge in [0, 0.05) is 32.9 Å². The summed E-state index contributed by atoms with van der Waals surface area (Å²) in [6.07, 6.45) is 4.78. The van der Waals surface area contributed by atoms with Gasteiger partial charge < -0.3 is 20.1 Å². The SMILES string of the molecule is CNC(=O)[C@@H](NC(=O)c1nc(-c2cnn(CC(C)C)c2)n2c1CN(C)CCC2)C(C)(C)C. The van der Waals surface area contributed by atoms with Crippen molar-refractivity contribution < 1.29 is 9.59 Å². The third-order valence-electron chi connectivity index (χ3n) is 5.72. The lowest BCUT2D eigenvalue weighted by molar-refractivity contribution is -0.124. The standard InChI is InChI=1S/C23H37N7O2/c1-15(2)12-29-13-16(11-25-29)20-26-18(17-14-28(7)9-8-10-30(17)20)21(31)27-19(22(32)24-6)23(3,4)5/h11,13,15,19H,8-10,12,14H2,1-7H3,(H,24,32)(H,27,31)/t19-/m1/s1. The fourth-order valence-electron chi connectivity index (χ4n) is 4.10. The van der Waals surface area contributed by atoms with Crippen LogP contribution in [0.25, 0.3) is 11.4 Å². The average molecular weight is 444 g/mol. The van der Waals surface area contributed by atoms with Crippen LogP contribution >= 0.6 is 0 Å². The lowest BCUT2D eigenvalue weighted by Gasteiger charge is -2.29. The number of nitrogens with one attached hydrogen (secondary N) is 2. The van der Waals surface area contributed by atoms with E-state index in [0.29, 0.717) is 18.2 Å². The molecule has 176 valence electrons. The van der Waals surface area contributed by atoms with Crippen molar-refractivity contribution in [2.45, 2.75) is 66.7 Å². The largest absolute Gasteiger partial charge is 0.357 e. The Morgan fingerprint density at radius 1 is 1.22 bits per heavy atom. The van der Waals surface area contributed by atoms with Gasteiger partial charge in [-0.15, -0.1) is 0 Å². The second-order valence-electron chi connectivity index (χ2n) is 10.2. The molecule has 32 heavy (non-hydrogen) atoms. The number of fused-ring (bicyclic) bond motifs is 1. The van der Waals surface area contributed by atoms with Gasteiger partial charge >= 0.3 is 0 Å². The summed E-state index contributed by atoms with van der Waals surface area (Å²) in [5, 5.41) is 10.1. The maximum atomic E-state index is 13.4. The highest BCUT2D eigenvalue weighted by Crippen LogP contribution is 2.27. The smallest absolute Gasteiger partial charge is 0.272 e. The molecule has 0 spiro atoms. The Balaban J connectivity index is 2.01. The van der Waals surface area contributed by atoms with E-state index < -0.39 is 11.5 Å². The number of nitrogens with zero attached hydrogens (tertiary/aromatic N) is 5. The number of carbonyl (C=O) groups is 2. The van der Waals surface area contributed by atoms with Gasteiger partial charge in [0.25, 0.3) is 5.91 Å². The van der Waals surface area contributed by atoms with Crippen LogP contribution in [0.5, 0.6) is 0 Å². The third-order valence-corrected chi connectivity index (χ3v) is 5.72. The summed E-state index contributed by atoms with van der Waals surface area (Å²) in [6.45, 7) is 13.3. The number of likely N-dealkylation sites (N-methyl/N-ethyl adjacent to an activating group) is 1. The number of imidazole rings is 1. The quantitative estimate of drug-likeness (QED) is 0.713. The molecule has 2 aromatic rings. The highest BCUT2D eigenvalue weighted by molar-refractivity contribution is 5.97. The highest BCUT2D eigenvalue weighted by atomic mass is 16.2. The van der Waals surface area contributed by atoms with Crippen LogP contribution in [0, 0.1) is 11.3 Å². The molecule has 3 rings (SSSR count). The maximum absolute atomic E-state index is 13.4. The minimum absolute atomic E-state index is 0.219. The Morgan fingerprint density at radius 3 is 2.56 bits per heavy atom. The van der Waals surface area contributed by atoms with Gasteiger partial charge in [0.05, 0.1) is 17.5 Å². The van der Waals surface area contributed by atoms with E-state index in [0.717, 1.165) is 43.1 Å². The van der Waals surface area contributed by atoms with Crippen LogP contribution in [0.3, 0.4) is 0 Å². The fraction of sp³-hybridized carbons (Fsp3) is 0.652. The van der Waals surface area contributed by atoms with Gasteiger partial charge in [-0.2, -0.15) is 5.10 Å². The van der Waals surface area contributed by atoms with Crippen LogP contribution in [0.1, 0.15) is 57.2 Å². The first-order valence-corrected chi connectivity index (χ1v) is 11.3. The molecule has 0 saturated carbocycles. The van der Waals surface area contributed by atoms with E-state index in [1.807, 2.05) is 44.9 Å². The zero-order valence-corrected chi connectivity index (χ0v) is 20.4. The molecule has 1 aliphatic rings. The Morgan fingerprint density at radius 2 is 1.94 bits per heavy atom. The van der Waals surface area contributed by atoms with Crippen molar-refractivity contribution in [2.75, 3.05) is 20.6 Å². The number of hydrogen-bond acceptors (Lipinski definition) is 5. The normalized spacial score (nSPS) is 15.9. The number of hydrogen-bond donors (Lipinski definition) is 2. The molecule has 2 aromatic heterocycles. The molecule has 0 radical (unpaired) electrons. The molecule has 0 aliphatic carbocycles. The molecule has 0 saturated heterocycles. The van der Waals surface area contributed by atoms with Crippen LogP contribution in [0.15, 0.2) is 12.4 Å². The van der Waals surface area contributed by atoms with Crippen LogP contribution in [0.4, 0.5) is 0 Å². The first kappa shape index (κ1) is 24.0. The molecule has 0 unspecified atom stereocenters. The van der Waals surface area contributed by atoms with Gasteiger partial charge in [0.2, 0.25) is 5.91 Å². The van der Waals surface area contributed by atoms with Crippen LogP contribution in [-0.4, -0.2) is 62.7 Å². The fourth-order valence-corrected chi connectivity index (χ4v) is 4.10. The highest BCUT2D eigenvalue weighted by Gasteiger charge is 2.34. The number of rotatable bonds is 6. The topological polar surface area (TPSA) is 97.1 Å². The van der Waals surface area contributed by atoms with Crippen molar-refractivity contribution in [1.82, 2.24) is 34.9 Å². The van der Waals surface area contributed by atoms with Crippen LogP contribution in [0.2, 0.25) is 0 Å². The number of amides is 2. The Labute approximate surface area is 190 Å². The van der Waals surface area contributed by atoms with Gasteiger partial charge in [0.1, 0.15) is 11.9 Å². The van der Waals surface area contributed by atoms with Gasteiger partial charge in [-0.25, -0.2) is 4.98 Å². The number of carbonyl (C=O) groups excluding carboxylic acids is 2. The van der Waals surface area contributed by atoms with Crippen LogP contribution in [-0.2, 0) is 24.4 Å². The molecule has 3 heterocycles. The van der Waals surface area contributed by atoms with Gasteiger partial charge in [-0.05, 0) is 31.3 Å². The Kier molecular flexibility index (Phi) is 7.07. The van der Waals surface area contributed by atoms with E-state index in [1.54, 1.807) is 7.05 Å². The van der Waals surface area contributed by atoms with Crippen molar-refractivity contribution >= 4 is 11.8 Å². The van der Waals surface area contributed by atoms with E-state index in [1.165, 1.54) is 0 Å². The van der Waals surface area contributed by atoms with E-state index in [4.69, 9.17) is 4.98 Å². The minimum Gasteiger partial charge on any atom is -0.357 e. The predicted octanol–water partition coefficient (Wildman–Crippen LogP) is 2.13. The molecule has 0 bridgehead atoms. The first-order valence-electron chi connectivity index (χ1n) is 11.3. The molecule has 0 fully saturated rings. The van der Waals surface area contributed by atoms with E-state index in [2.05, 4.69) is 39.0 Å². The molecule has 0 aromatic carbocycles. The molecular formula is C23H37N7O2. The molecule has 9 heteroatoms. The van der Waals surface area contributed by atoms with Gasteiger partial charge in [0.15, 0.2) is 5.69 Å². The molecule has 9 nitrogen and oxygen atoms in total. The van der Waals surface area contributed by atoms with Crippen molar-refractivity contribution in [1.29, 1.82) is 0 Å². The second-order valence-corrected chi connectivity index (χ2v) is 10.2. The molecule has 1 atom stereocenters. The second kappa shape index (κ2) is 9.44. The summed E-state index contributed by atoms with van der Waals surface area (Å²) >= 11 is 0. The lowest BCUT2D eigenvalue weighted by atomic mass is 9.86. The van der Waals surface area contributed by atoms with E-state index in [9.17, 15) is 9.59 Å². The number of aromatic nitrogens is 4. The lowest BCUT2D eigenvalue weighted by Crippen LogP contribution is -2.53. The van der Waals surface area contributed by atoms with Gasteiger partial charge in [-0.3, -0.25) is 14.3 Å². The van der Waals surface area contributed by atoms with E-state index in [-0.39, 0.29) is 11.8 Å². The van der Waals surface area contributed by atoms with Crippen molar-refractivity contribution in [3.63, 3.8) is 0 Å². The van der Waals surface area contributed by atoms with E-state index >= 15 is 0 Å². The summed E-state index contributed by atoms with van der Waals surface area (Å²) in [6, 6.07) is -0.668. The summed E-state index contributed by atoms with van der Waals surface area (Å²) in [5.41, 5.74) is 1.71. The molecule has 2 amide bonds. The monoisotopic (exact) mass is 443 g/mol. The molecule has 1 aliphatic heterocycles. The third kappa shape index (κ3) is 5.20. The summed E-state index contributed by atoms with van der Waals surface area (Å²) in [7, 11) is 3.63. The molecule has 2 N–H and O–H groups in total. The minimum atomic E-state index is -0.668. The Hall–Kier alpha value is -2.68. The Bertz CT molecular complexity index is 968. The zero-order valence-electron chi connectivity index (χ0n) is 20.4. The van der Waals surface area contributed by atoms with Crippen molar-refractivity contribution in [2.24, 2.45) is 11.3 Å². The summed E-state index contributed by atoms with van der Waals surface area (Å²) in [4.78, 5) is 32.9. The summed E-state index contributed by atoms with van der Waals surface area (Å²) < 4.78 is 4.06. The maximum Gasteiger partial charge on any atom is 0.272 e. The first-order chi connectivity index (χ1) is 15.0. The van der Waals surface area contributed by atoms with Crippen LogP contribution < -0.4 is 10.6 Å². The van der Waals surface area contributed by atoms with Gasteiger partial charge in [-0.1, -0.05) is 34.6 Å². The van der Waals surface area contributed by atoms with Crippen molar-refractivity contribution in [3.05, 3.63) is 23.8 Å². The summed E-state index contributed by atoms with van der Waals surface area (Å²) in [5.74, 6) is 0.689. The molecular weight excluding hydrogens is 406 g/mol. The zero-order chi connectivity index (χ0) is 23.6.